The Morgan fingerprint density at radius 2 is 2.11 bits per heavy atom. The van der Waals surface area contributed by atoms with E-state index in [1.54, 1.807) is 24.3 Å². The van der Waals surface area contributed by atoms with E-state index in [2.05, 4.69) is 5.32 Å². The number of amides is 1. The van der Waals surface area contributed by atoms with Crippen molar-refractivity contribution in [3.63, 3.8) is 0 Å². The second kappa shape index (κ2) is 6.42. The number of ether oxygens (including phenoxy) is 1. The minimum Gasteiger partial charge on any atom is -0.380 e. The van der Waals surface area contributed by atoms with E-state index >= 15 is 0 Å². The highest BCUT2D eigenvalue weighted by atomic mass is 19.3. The van der Waals surface area contributed by atoms with Gasteiger partial charge in [-0.25, -0.2) is 8.78 Å². The molecule has 0 aliphatic rings. The number of nitrogens with one attached hydrogen (secondary N) is 1. The van der Waals surface area contributed by atoms with Crippen molar-refractivity contribution in [2.75, 3.05) is 20.2 Å². The van der Waals surface area contributed by atoms with Crippen LogP contribution < -0.4 is 11.1 Å². The number of benzene rings is 1. The summed E-state index contributed by atoms with van der Waals surface area (Å²) in [6.45, 7) is -1.33. The predicted octanol–water partition coefficient (Wildman–Crippen LogP) is 1.16. The van der Waals surface area contributed by atoms with Crippen LogP contribution in [0.3, 0.4) is 0 Å². The van der Waals surface area contributed by atoms with Gasteiger partial charge in [0.2, 0.25) is 0 Å². The van der Waals surface area contributed by atoms with Crippen LogP contribution in [0.25, 0.3) is 0 Å². The quantitative estimate of drug-likeness (QED) is 0.804. The van der Waals surface area contributed by atoms with Crippen LogP contribution in [-0.2, 0) is 11.3 Å². The summed E-state index contributed by atoms with van der Waals surface area (Å²) in [4.78, 5) is 11.8. The first-order chi connectivity index (χ1) is 8.50. The number of carbonyl (C=O) groups is 1. The standard InChI is InChI=1S/C12H16F2N2O2/c1-18-6-9-4-2-3-5-10(9)11(17)16-8-12(13,14)7-15/h2-5H,6-8,15H2,1H3,(H,16,17). The van der Waals surface area contributed by atoms with E-state index in [0.29, 0.717) is 11.1 Å². The molecular formula is C12H16F2N2O2. The van der Waals surface area contributed by atoms with E-state index in [-0.39, 0.29) is 6.61 Å². The zero-order valence-electron chi connectivity index (χ0n) is 10.1. The van der Waals surface area contributed by atoms with Gasteiger partial charge in [0.25, 0.3) is 11.8 Å². The average Bonchev–Trinajstić information content (AvgIpc) is 2.37. The molecule has 100 valence electrons. The van der Waals surface area contributed by atoms with Crippen LogP contribution >= 0.6 is 0 Å². The zero-order chi connectivity index (χ0) is 13.6. The molecule has 0 heterocycles. The van der Waals surface area contributed by atoms with Gasteiger partial charge in [0.05, 0.1) is 19.7 Å². The second-order valence-corrected chi connectivity index (χ2v) is 3.83. The van der Waals surface area contributed by atoms with Gasteiger partial charge in [0, 0.05) is 12.7 Å². The molecule has 0 radical (unpaired) electrons. The minimum atomic E-state index is -3.09. The van der Waals surface area contributed by atoms with E-state index in [1.165, 1.54) is 7.11 Å². The molecule has 0 fully saturated rings. The summed E-state index contributed by atoms with van der Waals surface area (Å²) in [5.74, 6) is -3.65. The number of hydrogen-bond donors (Lipinski definition) is 2. The van der Waals surface area contributed by atoms with Crippen LogP contribution in [0, 0.1) is 0 Å². The van der Waals surface area contributed by atoms with Crippen LogP contribution in [0.5, 0.6) is 0 Å². The Labute approximate surface area is 104 Å². The molecule has 1 rings (SSSR count). The first-order valence-corrected chi connectivity index (χ1v) is 5.43. The first kappa shape index (κ1) is 14.5. The molecule has 0 bridgehead atoms. The minimum absolute atomic E-state index is 0.247. The van der Waals surface area contributed by atoms with Gasteiger partial charge in [-0.3, -0.25) is 4.79 Å². The van der Waals surface area contributed by atoms with E-state index in [4.69, 9.17) is 10.5 Å². The normalized spacial score (nSPS) is 11.3. The number of carbonyl (C=O) groups excluding carboxylic acids is 1. The zero-order valence-corrected chi connectivity index (χ0v) is 10.1. The maximum atomic E-state index is 12.9. The monoisotopic (exact) mass is 258 g/mol. The SMILES string of the molecule is COCc1ccccc1C(=O)NCC(F)(F)CN. The number of nitrogens with two attached hydrogens (primary N) is 1. The van der Waals surface area contributed by atoms with Crippen LogP contribution in [-0.4, -0.2) is 32.0 Å². The molecule has 0 aliphatic carbocycles. The summed E-state index contributed by atoms with van der Waals surface area (Å²) in [5.41, 5.74) is 5.86. The van der Waals surface area contributed by atoms with Crippen LogP contribution in [0.1, 0.15) is 15.9 Å². The van der Waals surface area contributed by atoms with Gasteiger partial charge in [-0.1, -0.05) is 18.2 Å². The van der Waals surface area contributed by atoms with Crippen molar-refractivity contribution in [3.8, 4) is 0 Å². The van der Waals surface area contributed by atoms with Crippen molar-refractivity contribution >= 4 is 5.91 Å². The third-order valence-electron chi connectivity index (χ3n) is 2.37. The van der Waals surface area contributed by atoms with E-state index in [9.17, 15) is 13.6 Å². The van der Waals surface area contributed by atoms with Crippen molar-refractivity contribution < 1.29 is 18.3 Å². The Bertz CT molecular complexity index is 411. The van der Waals surface area contributed by atoms with Crippen LogP contribution in [0.15, 0.2) is 24.3 Å². The molecule has 0 aromatic heterocycles. The smallest absolute Gasteiger partial charge is 0.277 e. The first-order valence-electron chi connectivity index (χ1n) is 5.43. The molecule has 18 heavy (non-hydrogen) atoms. The Hall–Kier alpha value is -1.53. The summed E-state index contributed by atoms with van der Waals surface area (Å²) in [7, 11) is 1.50. The average molecular weight is 258 g/mol. The lowest BCUT2D eigenvalue weighted by Crippen LogP contribution is -2.41. The predicted molar refractivity (Wildman–Crippen MR) is 63.5 cm³/mol. The molecule has 1 amide bonds. The number of rotatable bonds is 6. The lowest BCUT2D eigenvalue weighted by Gasteiger charge is -2.15. The summed E-state index contributed by atoms with van der Waals surface area (Å²) < 4.78 is 30.8. The maximum Gasteiger partial charge on any atom is 0.277 e. The molecule has 4 nitrogen and oxygen atoms in total. The molecule has 0 saturated heterocycles. The highest BCUT2D eigenvalue weighted by Crippen LogP contribution is 2.12. The van der Waals surface area contributed by atoms with E-state index in [0.717, 1.165) is 0 Å². The molecule has 0 saturated carbocycles. The van der Waals surface area contributed by atoms with Crippen molar-refractivity contribution in [3.05, 3.63) is 35.4 Å². The third kappa shape index (κ3) is 4.05. The number of halogens is 2. The molecule has 6 heteroatoms. The fourth-order valence-corrected chi connectivity index (χ4v) is 1.40. The molecule has 0 unspecified atom stereocenters. The van der Waals surface area contributed by atoms with E-state index in [1.807, 2.05) is 0 Å². The van der Waals surface area contributed by atoms with Gasteiger partial charge in [0.15, 0.2) is 0 Å². The number of hydrogen-bond acceptors (Lipinski definition) is 3. The van der Waals surface area contributed by atoms with Crippen LogP contribution in [0.4, 0.5) is 8.78 Å². The van der Waals surface area contributed by atoms with E-state index < -0.39 is 24.9 Å². The molecule has 0 atom stereocenters. The van der Waals surface area contributed by atoms with Gasteiger partial charge in [-0.2, -0.15) is 0 Å². The Morgan fingerprint density at radius 1 is 1.44 bits per heavy atom. The Morgan fingerprint density at radius 3 is 2.72 bits per heavy atom. The molecule has 0 aliphatic heterocycles. The van der Waals surface area contributed by atoms with Gasteiger partial charge < -0.3 is 15.8 Å². The van der Waals surface area contributed by atoms with Crippen molar-refractivity contribution in [2.24, 2.45) is 5.73 Å². The van der Waals surface area contributed by atoms with Gasteiger partial charge in [0.1, 0.15) is 0 Å². The Kier molecular flexibility index (Phi) is 5.18. The lowest BCUT2D eigenvalue weighted by molar-refractivity contribution is 0.0118. The molecule has 1 aromatic rings. The molecule has 0 spiro atoms. The number of methoxy groups -OCH3 is 1. The largest absolute Gasteiger partial charge is 0.380 e. The molecule has 3 N–H and O–H groups in total. The van der Waals surface area contributed by atoms with Crippen LogP contribution in [0.2, 0.25) is 0 Å². The van der Waals surface area contributed by atoms with Gasteiger partial charge in [-0.05, 0) is 11.6 Å². The third-order valence-corrected chi connectivity index (χ3v) is 2.37. The van der Waals surface area contributed by atoms with Gasteiger partial charge >= 0.3 is 0 Å². The van der Waals surface area contributed by atoms with Gasteiger partial charge in [-0.15, -0.1) is 0 Å². The second-order valence-electron chi connectivity index (χ2n) is 3.83. The van der Waals surface area contributed by atoms with Crippen molar-refractivity contribution in [1.29, 1.82) is 0 Å². The molecular weight excluding hydrogens is 242 g/mol. The lowest BCUT2D eigenvalue weighted by atomic mass is 10.1. The van der Waals surface area contributed by atoms with Crippen molar-refractivity contribution in [2.45, 2.75) is 12.5 Å². The fourth-order valence-electron chi connectivity index (χ4n) is 1.40. The number of alkyl halides is 2. The Balaban J connectivity index is 2.72. The topological polar surface area (TPSA) is 64.3 Å². The summed E-state index contributed by atoms with van der Waals surface area (Å²) in [6, 6.07) is 6.68. The highest BCUT2D eigenvalue weighted by molar-refractivity contribution is 5.95. The summed E-state index contributed by atoms with van der Waals surface area (Å²) >= 11 is 0. The maximum absolute atomic E-state index is 12.9. The van der Waals surface area contributed by atoms with Crippen molar-refractivity contribution in [1.82, 2.24) is 5.32 Å². The fraction of sp³-hybridized carbons (Fsp3) is 0.417. The summed E-state index contributed by atoms with van der Waals surface area (Å²) in [6.07, 6.45) is 0. The highest BCUT2D eigenvalue weighted by Gasteiger charge is 2.27. The summed E-state index contributed by atoms with van der Waals surface area (Å²) in [5, 5.41) is 2.16. The molecule has 1 aromatic carbocycles.